The van der Waals surface area contributed by atoms with Crippen LogP contribution < -0.4 is 0 Å². The van der Waals surface area contributed by atoms with Crippen molar-refractivity contribution in [1.82, 2.24) is 9.38 Å². The van der Waals surface area contributed by atoms with E-state index in [4.69, 9.17) is 11.6 Å². The number of fused-ring (bicyclic) bond motifs is 1. The van der Waals surface area contributed by atoms with Crippen LogP contribution in [-0.4, -0.2) is 9.38 Å². The Balaban J connectivity index is 2.22. The number of aromatic nitrogens is 2. The van der Waals surface area contributed by atoms with E-state index >= 15 is 0 Å². The average Bonchev–Trinajstić information content (AvgIpc) is 2.84. The number of imidazole rings is 1. The summed E-state index contributed by atoms with van der Waals surface area (Å²) in [6.07, 6.45) is 4.04. The van der Waals surface area contributed by atoms with E-state index in [2.05, 4.69) is 18.0 Å². The minimum atomic E-state index is 0.795. The Morgan fingerprint density at radius 1 is 1.44 bits per heavy atom. The Morgan fingerprint density at radius 2 is 2.31 bits per heavy atom. The molecule has 0 fully saturated rings. The third kappa shape index (κ3) is 1.52. The van der Waals surface area contributed by atoms with Gasteiger partial charge in [-0.1, -0.05) is 17.7 Å². The van der Waals surface area contributed by atoms with E-state index < -0.39 is 0 Å². The Kier molecular flexibility index (Phi) is 2.23. The van der Waals surface area contributed by atoms with E-state index in [1.807, 2.05) is 34.3 Å². The SMILES string of the molecule is Cc1cccn2cc(-c3csc(Cl)c3)nc12. The van der Waals surface area contributed by atoms with Gasteiger partial charge in [0.1, 0.15) is 5.65 Å². The molecule has 0 saturated heterocycles. The van der Waals surface area contributed by atoms with E-state index in [0.29, 0.717) is 0 Å². The first kappa shape index (κ1) is 9.87. The van der Waals surface area contributed by atoms with Gasteiger partial charge in [-0.15, -0.1) is 11.3 Å². The van der Waals surface area contributed by atoms with Crippen LogP contribution in [0.25, 0.3) is 16.9 Å². The molecule has 0 amide bonds. The van der Waals surface area contributed by atoms with Gasteiger partial charge in [-0.05, 0) is 24.6 Å². The minimum Gasteiger partial charge on any atom is -0.306 e. The largest absolute Gasteiger partial charge is 0.306 e. The monoisotopic (exact) mass is 248 g/mol. The molecule has 0 aliphatic heterocycles. The highest BCUT2D eigenvalue weighted by Gasteiger charge is 2.07. The fourth-order valence-corrected chi connectivity index (χ4v) is 2.61. The van der Waals surface area contributed by atoms with E-state index in [-0.39, 0.29) is 0 Å². The fraction of sp³-hybridized carbons (Fsp3) is 0.0833. The number of hydrogen-bond acceptors (Lipinski definition) is 2. The topological polar surface area (TPSA) is 17.3 Å². The highest BCUT2D eigenvalue weighted by atomic mass is 35.5. The number of aryl methyl sites for hydroxylation is 1. The van der Waals surface area contributed by atoms with Crippen molar-refractivity contribution in [3.8, 4) is 11.3 Å². The lowest BCUT2D eigenvalue weighted by Crippen LogP contribution is -1.83. The van der Waals surface area contributed by atoms with Crippen molar-refractivity contribution in [1.29, 1.82) is 0 Å². The van der Waals surface area contributed by atoms with E-state index in [9.17, 15) is 0 Å². The summed E-state index contributed by atoms with van der Waals surface area (Å²) in [5, 5.41) is 2.03. The van der Waals surface area contributed by atoms with Crippen molar-refractivity contribution in [2.75, 3.05) is 0 Å². The molecular formula is C12H9ClN2S. The zero-order valence-corrected chi connectivity index (χ0v) is 10.2. The molecule has 0 radical (unpaired) electrons. The standard InChI is InChI=1S/C12H9ClN2S/c1-8-3-2-4-15-6-10(14-12(8)15)9-5-11(13)16-7-9/h2-7H,1H3. The number of pyridine rings is 1. The number of halogens is 1. The molecular weight excluding hydrogens is 240 g/mol. The highest BCUT2D eigenvalue weighted by Crippen LogP contribution is 2.28. The summed E-state index contributed by atoms with van der Waals surface area (Å²) in [5.41, 5.74) is 4.23. The van der Waals surface area contributed by atoms with Crippen LogP contribution in [0.5, 0.6) is 0 Å². The van der Waals surface area contributed by atoms with Crippen molar-refractivity contribution in [2.45, 2.75) is 6.92 Å². The number of rotatable bonds is 1. The van der Waals surface area contributed by atoms with Crippen LogP contribution in [0.15, 0.2) is 36.0 Å². The summed E-state index contributed by atoms with van der Waals surface area (Å²) in [5.74, 6) is 0. The summed E-state index contributed by atoms with van der Waals surface area (Å²) in [6, 6.07) is 6.03. The molecule has 0 N–H and O–H groups in total. The molecule has 0 aliphatic carbocycles. The number of hydrogen-bond donors (Lipinski definition) is 0. The molecule has 0 saturated carbocycles. The second-order valence-electron chi connectivity index (χ2n) is 3.69. The molecule has 80 valence electrons. The third-order valence-electron chi connectivity index (χ3n) is 2.54. The highest BCUT2D eigenvalue weighted by molar-refractivity contribution is 7.14. The Morgan fingerprint density at radius 3 is 3.00 bits per heavy atom. The maximum Gasteiger partial charge on any atom is 0.140 e. The summed E-state index contributed by atoms with van der Waals surface area (Å²) in [7, 11) is 0. The molecule has 2 nitrogen and oxygen atoms in total. The molecule has 0 unspecified atom stereocenters. The first-order valence-corrected chi connectivity index (χ1v) is 6.18. The van der Waals surface area contributed by atoms with Gasteiger partial charge < -0.3 is 4.40 Å². The Labute approximate surface area is 102 Å². The molecule has 3 aromatic rings. The minimum absolute atomic E-state index is 0.795. The normalized spacial score (nSPS) is 11.1. The molecule has 3 heterocycles. The van der Waals surface area contributed by atoms with Crippen LogP contribution in [-0.2, 0) is 0 Å². The van der Waals surface area contributed by atoms with Crippen molar-refractivity contribution in [2.24, 2.45) is 0 Å². The third-order valence-corrected chi connectivity index (χ3v) is 3.63. The van der Waals surface area contributed by atoms with Crippen molar-refractivity contribution in [3.05, 3.63) is 45.9 Å². The summed E-state index contributed by atoms with van der Waals surface area (Å²) in [4.78, 5) is 4.61. The molecule has 16 heavy (non-hydrogen) atoms. The summed E-state index contributed by atoms with van der Waals surface area (Å²) in [6.45, 7) is 2.06. The molecule has 3 rings (SSSR count). The second-order valence-corrected chi connectivity index (χ2v) is 5.23. The van der Waals surface area contributed by atoms with Crippen molar-refractivity contribution < 1.29 is 0 Å². The lowest BCUT2D eigenvalue weighted by atomic mass is 10.3. The lowest BCUT2D eigenvalue weighted by molar-refractivity contribution is 1.16. The van der Waals surface area contributed by atoms with Crippen molar-refractivity contribution >= 4 is 28.6 Å². The van der Waals surface area contributed by atoms with Gasteiger partial charge in [-0.25, -0.2) is 4.98 Å². The maximum absolute atomic E-state index is 5.92. The van der Waals surface area contributed by atoms with Gasteiger partial charge in [0.15, 0.2) is 0 Å². The molecule has 0 aliphatic rings. The average molecular weight is 249 g/mol. The van der Waals surface area contributed by atoms with Crippen LogP contribution in [0, 0.1) is 6.92 Å². The predicted molar refractivity (Wildman–Crippen MR) is 68.3 cm³/mol. The van der Waals surface area contributed by atoms with Gasteiger partial charge in [-0.3, -0.25) is 0 Å². The number of nitrogens with zero attached hydrogens (tertiary/aromatic N) is 2. The number of thiophene rings is 1. The maximum atomic E-state index is 5.92. The quantitative estimate of drug-likeness (QED) is 0.636. The van der Waals surface area contributed by atoms with E-state index in [0.717, 1.165) is 21.2 Å². The molecule has 3 aromatic heterocycles. The van der Waals surface area contributed by atoms with Crippen LogP contribution in [0.3, 0.4) is 0 Å². The zero-order valence-electron chi connectivity index (χ0n) is 8.64. The lowest BCUT2D eigenvalue weighted by Gasteiger charge is -1.93. The van der Waals surface area contributed by atoms with Gasteiger partial charge in [0, 0.05) is 23.3 Å². The first-order chi connectivity index (χ1) is 7.74. The molecule has 0 bridgehead atoms. The second kappa shape index (κ2) is 3.61. The van der Waals surface area contributed by atoms with Gasteiger partial charge in [-0.2, -0.15) is 0 Å². The molecule has 0 aromatic carbocycles. The first-order valence-electron chi connectivity index (χ1n) is 4.93. The van der Waals surface area contributed by atoms with E-state index in [1.165, 1.54) is 16.9 Å². The van der Waals surface area contributed by atoms with Gasteiger partial charge >= 0.3 is 0 Å². The van der Waals surface area contributed by atoms with E-state index in [1.54, 1.807) is 0 Å². The summed E-state index contributed by atoms with van der Waals surface area (Å²) >= 11 is 7.45. The smallest absolute Gasteiger partial charge is 0.140 e. The zero-order chi connectivity index (χ0) is 11.1. The van der Waals surface area contributed by atoms with Gasteiger partial charge in [0.2, 0.25) is 0 Å². The fourth-order valence-electron chi connectivity index (χ4n) is 1.74. The van der Waals surface area contributed by atoms with Crippen molar-refractivity contribution in [3.63, 3.8) is 0 Å². The molecule has 4 heteroatoms. The Bertz CT molecular complexity index is 654. The van der Waals surface area contributed by atoms with Crippen LogP contribution in [0.4, 0.5) is 0 Å². The molecule has 0 atom stereocenters. The molecule has 0 spiro atoms. The predicted octanol–water partition coefficient (Wildman–Crippen LogP) is 4.02. The summed E-state index contributed by atoms with van der Waals surface area (Å²) < 4.78 is 2.83. The van der Waals surface area contributed by atoms with Crippen LogP contribution >= 0.6 is 22.9 Å². The van der Waals surface area contributed by atoms with Gasteiger partial charge in [0.05, 0.1) is 10.0 Å². The Hall–Kier alpha value is -1.32. The van der Waals surface area contributed by atoms with Gasteiger partial charge in [0.25, 0.3) is 0 Å². The van der Waals surface area contributed by atoms with Crippen LogP contribution in [0.1, 0.15) is 5.56 Å². The van der Waals surface area contributed by atoms with Crippen LogP contribution in [0.2, 0.25) is 4.34 Å².